The van der Waals surface area contributed by atoms with Crippen molar-refractivity contribution < 1.29 is 22.1 Å². The van der Waals surface area contributed by atoms with Crippen LogP contribution in [0.2, 0.25) is 0 Å². The minimum Gasteiger partial charge on any atom is -0.458 e. The minimum atomic E-state index is -3.79. The predicted molar refractivity (Wildman–Crippen MR) is 174 cm³/mol. The molecular formula is C38H48O5S. The number of aryl methyl sites for hydroxylation is 1. The summed E-state index contributed by atoms with van der Waals surface area (Å²) < 4.78 is 37.7. The molecule has 0 aromatic heterocycles. The molecule has 0 radical (unpaired) electrons. The van der Waals surface area contributed by atoms with Gasteiger partial charge >= 0.3 is 5.97 Å². The third kappa shape index (κ3) is 5.20. The first-order valence-corrected chi connectivity index (χ1v) is 17.8. The molecule has 0 N–H and O–H groups in total. The van der Waals surface area contributed by atoms with Gasteiger partial charge in [-0.3, -0.25) is 4.18 Å². The summed E-state index contributed by atoms with van der Waals surface area (Å²) in [4.78, 5) is 13.2. The lowest BCUT2D eigenvalue weighted by molar-refractivity contribution is -0.0993. The van der Waals surface area contributed by atoms with Crippen molar-refractivity contribution in [2.24, 2.45) is 34.0 Å². The average Bonchev–Trinajstić information content (AvgIpc) is 3.35. The Labute approximate surface area is 264 Å². The third-order valence-electron chi connectivity index (χ3n) is 12.1. The van der Waals surface area contributed by atoms with E-state index >= 15 is 0 Å². The highest BCUT2D eigenvalue weighted by Gasteiger charge is 2.58. The van der Waals surface area contributed by atoms with Crippen LogP contribution in [-0.2, 0) is 19.0 Å². The van der Waals surface area contributed by atoms with Crippen LogP contribution in [0.1, 0.15) is 95.5 Å². The Bertz CT molecular complexity index is 1590. The fraction of sp³-hybridized carbons (Fsp3) is 0.553. The van der Waals surface area contributed by atoms with Gasteiger partial charge in [-0.1, -0.05) is 82.2 Å². The molecule has 44 heavy (non-hydrogen) atoms. The van der Waals surface area contributed by atoms with Crippen molar-refractivity contribution in [1.29, 1.82) is 0 Å². The van der Waals surface area contributed by atoms with Gasteiger partial charge in [-0.25, -0.2) is 4.79 Å². The zero-order valence-corrected chi connectivity index (χ0v) is 28.0. The fourth-order valence-corrected chi connectivity index (χ4v) is 10.6. The molecule has 0 unspecified atom stereocenters. The molecule has 6 rings (SSSR count). The molecule has 0 saturated heterocycles. The van der Waals surface area contributed by atoms with Gasteiger partial charge < -0.3 is 4.74 Å². The molecule has 4 aliphatic rings. The molecule has 236 valence electrons. The van der Waals surface area contributed by atoms with E-state index in [0.29, 0.717) is 17.4 Å². The topological polar surface area (TPSA) is 69.7 Å². The standard InChI is InChI=1S/C38H48O5S/c1-25-12-14-28(15-13-25)44(40,41)42-24-26(2)30-17-18-31-29-16-19-33-36(3,4)34(43-35(39)27-10-8-7-9-11-27)21-23-38(33,6)32(29)20-22-37(30,31)5/h7-15,18,26,30,33-34H,16-17,19-24H2,1-6H3/t26-,30-,33+,34+,37-,38-/m1/s1. The highest BCUT2D eigenvalue weighted by atomic mass is 32.2. The average molecular weight is 617 g/mol. The maximum atomic E-state index is 13.0. The van der Waals surface area contributed by atoms with Crippen LogP contribution >= 0.6 is 0 Å². The lowest BCUT2D eigenvalue weighted by Gasteiger charge is -2.59. The van der Waals surface area contributed by atoms with Gasteiger partial charge in [0.25, 0.3) is 10.1 Å². The largest absolute Gasteiger partial charge is 0.458 e. The zero-order valence-electron chi connectivity index (χ0n) is 27.2. The number of hydrogen-bond acceptors (Lipinski definition) is 5. The minimum absolute atomic E-state index is 0.0242. The molecule has 4 aliphatic carbocycles. The summed E-state index contributed by atoms with van der Waals surface area (Å²) in [7, 11) is -3.79. The first-order chi connectivity index (χ1) is 20.8. The van der Waals surface area contributed by atoms with E-state index in [1.807, 2.05) is 37.3 Å². The third-order valence-corrected chi connectivity index (χ3v) is 13.4. The van der Waals surface area contributed by atoms with Gasteiger partial charge in [0.1, 0.15) is 6.10 Å². The van der Waals surface area contributed by atoms with Gasteiger partial charge in [0.05, 0.1) is 17.1 Å². The molecule has 0 spiro atoms. The van der Waals surface area contributed by atoms with Crippen molar-refractivity contribution in [3.63, 3.8) is 0 Å². The smallest absolute Gasteiger partial charge is 0.338 e. The van der Waals surface area contributed by atoms with Crippen LogP contribution in [0.15, 0.2) is 82.3 Å². The van der Waals surface area contributed by atoms with E-state index in [2.05, 4.69) is 40.7 Å². The summed E-state index contributed by atoms with van der Waals surface area (Å²) in [5.74, 6) is 0.674. The molecule has 0 amide bonds. The number of allylic oxidation sites excluding steroid dienone is 4. The lowest BCUT2D eigenvalue weighted by Crippen LogP contribution is -2.54. The van der Waals surface area contributed by atoms with Gasteiger partial charge in [-0.2, -0.15) is 8.42 Å². The lowest BCUT2D eigenvalue weighted by atomic mass is 9.46. The Morgan fingerprint density at radius 3 is 2.34 bits per heavy atom. The van der Waals surface area contributed by atoms with Crippen LogP contribution in [0.4, 0.5) is 0 Å². The molecule has 0 aliphatic heterocycles. The van der Waals surface area contributed by atoms with E-state index in [0.717, 1.165) is 50.5 Å². The van der Waals surface area contributed by atoms with Gasteiger partial charge in [-0.05, 0) is 116 Å². The molecule has 1 fully saturated rings. The number of hydrogen-bond donors (Lipinski definition) is 0. The number of carbonyl (C=O) groups is 1. The molecular weight excluding hydrogens is 568 g/mol. The highest BCUT2D eigenvalue weighted by Crippen LogP contribution is 2.66. The Hall–Kier alpha value is -2.70. The number of esters is 1. The Balaban J connectivity index is 1.17. The molecule has 0 bridgehead atoms. The maximum Gasteiger partial charge on any atom is 0.338 e. The van der Waals surface area contributed by atoms with Crippen LogP contribution in [0, 0.1) is 40.9 Å². The van der Waals surface area contributed by atoms with E-state index in [9.17, 15) is 13.2 Å². The predicted octanol–water partition coefficient (Wildman–Crippen LogP) is 8.84. The quantitative estimate of drug-likeness (QED) is 0.230. The van der Waals surface area contributed by atoms with Crippen molar-refractivity contribution >= 4 is 16.1 Å². The molecule has 2 aromatic rings. The normalized spacial score (nSPS) is 31.8. The van der Waals surface area contributed by atoms with Gasteiger partial charge in [0.15, 0.2) is 0 Å². The van der Waals surface area contributed by atoms with Crippen LogP contribution in [0.3, 0.4) is 0 Å². The summed E-state index contributed by atoms with van der Waals surface area (Å²) in [5, 5.41) is 0. The number of benzene rings is 2. The molecule has 6 atom stereocenters. The van der Waals surface area contributed by atoms with Crippen LogP contribution in [-0.4, -0.2) is 27.1 Å². The van der Waals surface area contributed by atoms with Crippen molar-refractivity contribution in [2.45, 2.75) is 97.5 Å². The summed E-state index contributed by atoms with van der Waals surface area (Å²) >= 11 is 0. The van der Waals surface area contributed by atoms with E-state index < -0.39 is 10.1 Å². The number of fused-ring (bicyclic) bond motifs is 4. The van der Waals surface area contributed by atoms with Crippen molar-refractivity contribution in [1.82, 2.24) is 0 Å². The number of carbonyl (C=O) groups excluding carboxylic acids is 1. The summed E-state index contributed by atoms with van der Waals surface area (Å²) in [5.41, 5.74) is 6.32. The first-order valence-electron chi connectivity index (χ1n) is 16.4. The number of ether oxygens (including phenoxy) is 1. The van der Waals surface area contributed by atoms with Crippen molar-refractivity contribution in [3.8, 4) is 0 Å². The number of rotatable bonds is 7. The fourth-order valence-electron chi connectivity index (χ4n) is 9.63. The Morgan fingerprint density at radius 2 is 1.64 bits per heavy atom. The second-order valence-electron chi connectivity index (χ2n) is 15.0. The second-order valence-corrected chi connectivity index (χ2v) is 16.6. The van der Waals surface area contributed by atoms with Crippen molar-refractivity contribution in [3.05, 3.63) is 88.5 Å². The molecule has 0 heterocycles. The Morgan fingerprint density at radius 1 is 0.932 bits per heavy atom. The molecule has 6 heteroatoms. The van der Waals surface area contributed by atoms with Crippen molar-refractivity contribution in [2.75, 3.05) is 6.61 Å². The molecule has 1 saturated carbocycles. The van der Waals surface area contributed by atoms with Gasteiger partial charge in [0.2, 0.25) is 0 Å². The summed E-state index contributed by atoms with van der Waals surface area (Å²) in [6, 6.07) is 16.2. The van der Waals surface area contributed by atoms with E-state index in [1.165, 1.54) is 5.57 Å². The Kier molecular flexibility index (Phi) is 8.02. The van der Waals surface area contributed by atoms with Crippen LogP contribution < -0.4 is 0 Å². The first kappa shape index (κ1) is 31.3. The highest BCUT2D eigenvalue weighted by molar-refractivity contribution is 7.86. The molecule has 2 aromatic carbocycles. The van der Waals surface area contributed by atoms with E-state index in [-0.39, 0.29) is 45.7 Å². The monoisotopic (exact) mass is 616 g/mol. The summed E-state index contributed by atoms with van der Waals surface area (Å²) in [6.45, 7) is 13.8. The van der Waals surface area contributed by atoms with Gasteiger partial charge in [0, 0.05) is 5.41 Å². The summed E-state index contributed by atoms with van der Waals surface area (Å²) in [6.07, 6.45) is 9.52. The van der Waals surface area contributed by atoms with Crippen LogP contribution in [0.5, 0.6) is 0 Å². The SMILES string of the molecule is Cc1ccc(S(=O)(=O)OC[C@@H](C)[C@H]2CC=C3C4=C(CC[C@@]32C)[C@@]2(C)CC[C@H](OC(=O)c3ccccc3)C(C)(C)[C@@H]2CC4)cc1. The molecule has 5 nitrogen and oxygen atoms in total. The van der Waals surface area contributed by atoms with Gasteiger partial charge in [-0.15, -0.1) is 0 Å². The zero-order chi connectivity index (χ0) is 31.5. The van der Waals surface area contributed by atoms with Crippen LogP contribution in [0.25, 0.3) is 0 Å². The van der Waals surface area contributed by atoms with E-state index in [1.54, 1.807) is 35.4 Å². The maximum absolute atomic E-state index is 13.0. The second kappa shape index (κ2) is 11.3. The van der Waals surface area contributed by atoms with E-state index in [4.69, 9.17) is 8.92 Å².